The van der Waals surface area contributed by atoms with Crippen LogP contribution in [0.4, 0.5) is 11.6 Å². The molecule has 7 nitrogen and oxygen atoms in total. The first kappa shape index (κ1) is 23.6. The van der Waals surface area contributed by atoms with Crippen LogP contribution in [-0.2, 0) is 19.5 Å². The third kappa shape index (κ3) is 5.64. The van der Waals surface area contributed by atoms with E-state index in [-0.39, 0.29) is 12.1 Å². The van der Waals surface area contributed by atoms with Crippen LogP contribution in [0.2, 0.25) is 0 Å². The van der Waals surface area contributed by atoms with E-state index in [1.807, 2.05) is 66.9 Å². The minimum atomic E-state index is -0.346. The molecule has 0 bridgehead atoms. The zero-order valence-corrected chi connectivity index (χ0v) is 20.7. The number of aliphatic hydroxyl groups excluding tert-OH is 1. The predicted octanol–water partition coefficient (Wildman–Crippen LogP) is 4.62. The number of likely N-dealkylation sites (tertiary alicyclic amines) is 1. The number of anilines is 2. The molecule has 0 amide bonds. The van der Waals surface area contributed by atoms with Gasteiger partial charge in [-0.25, -0.2) is 9.97 Å². The molecule has 7 heteroatoms. The van der Waals surface area contributed by atoms with Gasteiger partial charge in [-0.15, -0.1) is 0 Å². The molecule has 1 aromatic heterocycles. The smallest absolute Gasteiger partial charge is 0.227 e. The summed E-state index contributed by atoms with van der Waals surface area (Å²) >= 11 is 0. The molecule has 37 heavy (non-hydrogen) atoms. The van der Waals surface area contributed by atoms with Crippen molar-refractivity contribution in [3.05, 3.63) is 108 Å². The lowest BCUT2D eigenvalue weighted by molar-refractivity contribution is 0.0740. The summed E-state index contributed by atoms with van der Waals surface area (Å²) < 4.78 is 5.87. The molecule has 0 spiro atoms. The van der Waals surface area contributed by atoms with Gasteiger partial charge in [-0.3, -0.25) is 9.80 Å². The summed E-state index contributed by atoms with van der Waals surface area (Å²) in [6.45, 7) is 4.10. The van der Waals surface area contributed by atoms with Crippen molar-refractivity contribution in [2.24, 2.45) is 0 Å². The van der Waals surface area contributed by atoms with Crippen molar-refractivity contribution < 1.29 is 9.84 Å². The first-order valence-electron chi connectivity index (χ1n) is 12.8. The molecular formula is C30H31N5O2. The van der Waals surface area contributed by atoms with Crippen LogP contribution in [0.1, 0.15) is 16.8 Å². The van der Waals surface area contributed by atoms with Crippen LogP contribution < -0.4 is 10.1 Å². The lowest BCUT2D eigenvalue weighted by atomic mass is 10.0. The summed E-state index contributed by atoms with van der Waals surface area (Å²) in [5.41, 5.74) is 4.40. The first-order valence-corrected chi connectivity index (χ1v) is 12.8. The summed E-state index contributed by atoms with van der Waals surface area (Å²) in [4.78, 5) is 14.1. The maximum atomic E-state index is 10.8. The second-order valence-electron chi connectivity index (χ2n) is 9.76. The molecule has 3 aromatic carbocycles. The molecular weight excluding hydrogens is 462 g/mol. The Morgan fingerprint density at radius 2 is 1.62 bits per heavy atom. The van der Waals surface area contributed by atoms with Gasteiger partial charge in [-0.05, 0) is 42.0 Å². The normalized spacial score (nSPS) is 19.9. The molecule has 4 aromatic rings. The quantitative estimate of drug-likeness (QED) is 0.389. The third-order valence-corrected chi connectivity index (χ3v) is 7.11. The van der Waals surface area contributed by atoms with Crippen LogP contribution in [0.25, 0.3) is 0 Å². The van der Waals surface area contributed by atoms with Crippen LogP contribution in [-0.4, -0.2) is 56.7 Å². The number of β-amino-alcohol motifs (C(OH)–C–C–N with tert-alkyl or cyclic N) is 1. The highest BCUT2D eigenvalue weighted by Gasteiger charge is 2.37. The fraction of sp³-hybridized carbons (Fsp3) is 0.267. The van der Waals surface area contributed by atoms with Crippen molar-refractivity contribution in [2.75, 3.05) is 25.0 Å². The Balaban J connectivity index is 1.06. The molecule has 0 radical (unpaired) electrons. The number of para-hydroxylation sites is 1. The molecule has 2 aliphatic heterocycles. The van der Waals surface area contributed by atoms with Crippen LogP contribution in [0, 0.1) is 0 Å². The molecule has 0 aliphatic carbocycles. The van der Waals surface area contributed by atoms with Crippen LogP contribution in [0.3, 0.4) is 0 Å². The molecule has 2 aliphatic rings. The predicted molar refractivity (Wildman–Crippen MR) is 144 cm³/mol. The van der Waals surface area contributed by atoms with Crippen LogP contribution in [0.5, 0.6) is 11.5 Å². The van der Waals surface area contributed by atoms with Crippen molar-refractivity contribution in [3.63, 3.8) is 0 Å². The van der Waals surface area contributed by atoms with E-state index in [1.54, 1.807) is 0 Å². The van der Waals surface area contributed by atoms with Gasteiger partial charge >= 0.3 is 0 Å². The average molecular weight is 494 g/mol. The fourth-order valence-electron chi connectivity index (χ4n) is 5.22. The van der Waals surface area contributed by atoms with Gasteiger partial charge in [0.2, 0.25) is 5.95 Å². The Labute approximate surface area is 217 Å². The van der Waals surface area contributed by atoms with Gasteiger partial charge in [0, 0.05) is 62.6 Å². The number of hydrogen-bond donors (Lipinski definition) is 2. The van der Waals surface area contributed by atoms with Crippen molar-refractivity contribution in [1.82, 2.24) is 19.8 Å². The Morgan fingerprint density at radius 1 is 0.892 bits per heavy atom. The SMILES string of the molecule is OC1CN(Cc2ccccc2)CC1N1CCc2nc(Nc3ccc(Oc4ccccc4)cc3)ncc2C1. The topological polar surface area (TPSA) is 73.8 Å². The van der Waals surface area contributed by atoms with Gasteiger partial charge in [0.25, 0.3) is 0 Å². The second kappa shape index (κ2) is 10.7. The summed E-state index contributed by atoms with van der Waals surface area (Å²) in [5.74, 6) is 2.18. The summed E-state index contributed by atoms with van der Waals surface area (Å²) in [6, 6.07) is 28.1. The van der Waals surface area contributed by atoms with Gasteiger partial charge in [-0.2, -0.15) is 0 Å². The van der Waals surface area contributed by atoms with Crippen molar-refractivity contribution in [3.8, 4) is 11.5 Å². The van der Waals surface area contributed by atoms with Gasteiger partial charge in [0.15, 0.2) is 0 Å². The number of fused-ring (bicyclic) bond motifs is 1. The molecule has 6 rings (SSSR count). The standard InChI is InChI=1S/C30H31N5O2/c36-29-21-34(18-22-7-3-1-4-8-22)20-28(29)35-16-15-27-23(19-35)17-31-30(33-27)32-24-11-13-26(14-12-24)37-25-9-5-2-6-10-25/h1-14,17,28-29,36H,15-16,18-21H2,(H,31,32,33). The number of nitrogens with zero attached hydrogens (tertiary/aromatic N) is 4. The lowest BCUT2D eigenvalue weighted by Gasteiger charge is -2.34. The molecule has 0 saturated carbocycles. The summed E-state index contributed by atoms with van der Waals surface area (Å²) in [5, 5.41) is 14.1. The lowest BCUT2D eigenvalue weighted by Crippen LogP contribution is -2.46. The molecule has 188 valence electrons. The highest BCUT2D eigenvalue weighted by molar-refractivity contribution is 5.55. The van der Waals surface area contributed by atoms with E-state index in [2.05, 4.69) is 44.4 Å². The van der Waals surface area contributed by atoms with E-state index < -0.39 is 0 Å². The summed E-state index contributed by atoms with van der Waals surface area (Å²) in [7, 11) is 0. The van der Waals surface area contributed by atoms with Gasteiger partial charge in [-0.1, -0.05) is 48.5 Å². The highest BCUT2D eigenvalue weighted by Crippen LogP contribution is 2.27. The van der Waals surface area contributed by atoms with E-state index in [0.29, 0.717) is 12.5 Å². The second-order valence-corrected chi connectivity index (χ2v) is 9.76. The molecule has 2 N–H and O–H groups in total. The molecule has 2 atom stereocenters. The Hall–Kier alpha value is -3.78. The van der Waals surface area contributed by atoms with Crippen molar-refractivity contribution in [2.45, 2.75) is 31.7 Å². The Kier molecular flexibility index (Phi) is 6.82. The number of benzene rings is 3. The summed E-state index contributed by atoms with van der Waals surface area (Å²) in [6.07, 6.45) is 2.42. The molecule has 3 heterocycles. The third-order valence-electron chi connectivity index (χ3n) is 7.11. The monoisotopic (exact) mass is 493 g/mol. The zero-order chi connectivity index (χ0) is 25.0. The maximum Gasteiger partial charge on any atom is 0.227 e. The number of nitrogens with one attached hydrogen (secondary N) is 1. The zero-order valence-electron chi connectivity index (χ0n) is 20.7. The molecule has 2 unspecified atom stereocenters. The minimum Gasteiger partial charge on any atom is -0.457 e. The molecule has 1 fully saturated rings. The highest BCUT2D eigenvalue weighted by atomic mass is 16.5. The number of ether oxygens (including phenoxy) is 1. The number of hydrogen-bond acceptors (Lipinski definition) is 7. The average Bonchev–Trinajstić information content (AvgIpc) is 3.30. The Bertz CT molecular complexity index is 1320. The van der Waals surface area contributed by atoms with E-state index in [9.17, 15) is 5.11 Å². The number of aliphatic hydroxyl groups is 1. The fourth-order valence-corrected chi connectivity index (χ4v) is 5.22. The molecule has 1 saturated heterocycles. The minimum absolute atomic E-state index is 0.131. The van der Waals surface area contributed by atoms with E-state index in [1.165, 1.54) is 5.56 Å². The number of aromatic nitrogens is 2. The van der Waals surface area contributed by atoms with Crippen molar-refractivity contribution in [1.29, 1.82) is 0 Å². The maximum absolute atomic E-state index is 10.8. The van der Waals surface area contributed by atoms with Gasteiger partial charge in [0.1, 0.15) is 11.5 Å². The largest absolute Gasteiger partial charge is 0.457 e. The van der Waals surface area contributed by atoms with Gasteiger partial charge < -0.3 is 15.2 Å². The van der Waals surface area contributed by atoms with E-state index >= 15 is 0 Å². The van der Waals surface area contributed by atoms with E-state index in [0.717, 1.165) is 61.0 Å². The van der Waals surface area contributed by atoms with Crippen LogP contribution in [0.15, 0.2) is 91.1 Å². The number of rotatable bonds is 7. The van der Waals surface area contributed by atoms with Crippen LogP contribution >= 0.6 is 0 Å². The first-order chi connectivity index (χ1) is 18.2. The van der Waals surface area contributed by atoms with Crippen molar-refractivity contribution >= 4 is 11.6 Å². The Morgan fingerprint density at radius 3 is 2.41 bits per heavy atom. The van der Waals surface area contributed by atoms with Gasteiger partial charge in [0.05, 0.1) is 11.8 Å². The van der Waals surface area contributed by atoms with E-state index in [4.69, 9.17) is 9.72 Å².